The van der Waals surface area contributed by atoms with Gasteiger partial charge in [-0.1, -0.05) is 18.2 Å². The summed E-state index contributed by atoms with van der Waals surface area (Å²) in [6, 6.07) is 0.394. The third-order valence-corrected chi connectivity index (χ3v) is 1.10. The second-order valence-corrected chi connectivity index (χ2v) is 2.75. The van der Waals surface area contributed by atoms with Crippen LogP contribution in [0.2, 0.25) is 0 Å². The van der Waals surface area contributed by atoms with Gasteiger partial charge in [-0.05, 0) is 33.8 Å². The average Bonchev–Trinajstić information content (AvgIpc) is 1.86. The van der Waals surface area contributed by atoms with E-state index in [-0.39, 0.29) is 0 Å². The molecule has 11 heavy (non-hydrogen) atoms. The van der Waals surface area contributed by atoms with Gasteiger partial charge < -0.3 is 0 Å². The Bertz CT molecular complexity index is 173. The quantitative estimate of drug-likeness (QED) is 0.434. The van der Waals surface area contributed by atoms with Crippen LogP contribution in [0.1, 0.15) is 27.7 Å². The molecule has 0 heterocycles. The molecular weight excluding hydrogens is 134 g/mol. The number of nitrogens with zero attached hydrogens (tertiary/aromatic N) is 1. The van der Waals surface area contributed by atoms with Gasteiger partial charge in [0.05, 0.1) is 0 Å². The average molecular weight is 151 g/mol. The van der Waals surface area contributed by atoms with Gasteiger partial charge in [0, 0.05) is 11.8 Å². The van der Waals surface area contributed by atoms with Gasteiger partial charge in [-0.2, -0.15) is 0 Å². The summed E-state index contributed by atoms with van der Waals surface area (Å²) in [5.74, 6) is 0. The van der Waals surface area contributed by atoms with Crippen LogP contribution in [-0.2, 0) is 0 Å². The molecular formula is C10H17N. The van der Waals surface area contributed by atoms with Crippen LogP contribution in [0.15, 0.2) is 29.3 Å². The molecule has 1 nitrogen and oxygen atoms in total. The first kappa shape index (κ1) is 10.2. The van der Waals surface area contributed by atoms with Crippen LogP contribution in [0, 0.1) is 0 Å². The number of hydrogen-bond acceptors (Lipinski definition) is 1. The molecule has 0 spiro atoms. The fourth-order valence-corrected chi connectivity index (χ4v) is 0.756. The Morgan fingerprint density at radius 2 is 1.91 bits per heavy atom. The largest absolute Gasteiger partial charge is 0.287 e. The Kier molecular flexibility index (Phi) is 5.44. The minimum atomic E-state index is 0.394. The van der Waals surface area contributed by atoms with E-state index in [9.17, 15) is 0 Å². The van der Waals surface area contributed by atoms with E-state index in [1.807, 2.05) is 38.2 Å². The highest BCUT2D eigenvalue weighted by molar-refractivity contribution is 5.93. The molecule has 0 saturated heterocycles. The predicted molar refractivity (Wildman–Crippen MR) is 52.2 cm³/mol. The van der Waals surface area contributed by atoms with Crippen LogP contribution in [0.4, 0.5) is 0 Å². The van der Waals surface area contributed by atoms with Crippen molar-refractivity contribution in [2.24, 2.45) is 4.99 Å². The summed E-state index contributed by atoms with van der Waals surface area (Å²) >= 11 is 0. The van der Waals surface area contributed by atoms with Crippen LogP contribution < -0.4 is 0 Å². The normalized spacial score (nSPS) is 14.1. The van der Waals surface area contributed by atoms with Crippen molar-refractivity contribution >= 4 is 5.71 Å². The fraction of sp³-hybridized carbons (Fsp3) is 0.500. The molecule has 0 fully saturated rings. The van der Waals surface area contributed by atoms with Crippen LogP contribution in [0.3, 0.4) is 0 Å². The Morgan fingerprint density at radius 3 is 2.36 bits per heavy atom. The van der Waals surface area contributed by atoms with Crippen molar-refractivity contribution in [3.8, 4) is 0 Å². The monoisotopic (exact) mass is 151 g/mol. The molecule has 0 aromatic carbocycles. The van der Waals surface area contributed by atoms with Crippen LogP contribution in [0.25, 0.3) is 0 Å². The summed E-state index contributed by atoms with van der Waals surface area (Å²) in [5.41, 5.74) is 1.08. The number of aliphatic imine (C=N–C) groups is 1. The Hall–Kier alpha value is -0.850. The maximum Gasteiger partial charge on any atom is 0.0446 e. The summed E-state index contributed by atoms with van der Waals surface area (Å²) < 4.78 is 0. The number of rotatable bonds is 3. The van der Waals surface area contributed by atoms with Crippen LogP contribution in [-0.4, -0.2) is 11.8 Å². The SMILES string of the molecule is C\C=C/C=C\C(C)=N\C(C)C. The summed E-state index contributed by atoms with van der Waals surface area (Å²) in [6.07, 6.45) is 8.01. The van der Waals surface area contributed by atoms with Gasteiger partial charge in [0.2, 0.25) is 0 Å². The highest BCUT2D eigenvalue weighted by Crippen LogP contribution is 1.89. The van der Waals surface area contributed by atoms with E-state index < -0.39 is 0 Å². The molecule has 0 aliphatic carbocycles. The van der Waals surface area contributed by atoms with Crippen molar-refractivity contribution in [2.75, 3.05) is 0 Å². The Labute approximate surface area is 69.5 Å². The molecule has 0 unspecified atom stereocenters. The summed E-state index contributed by atoms with van der Waals surface area (Å²) in [4.78, 5) is 4.35. The number of allylic oxidation sites excluding steroid dienone is 4. The topological polar surface area (TPSA) is 12.4 Å². The lowest BCUT2D eigenvalue weighted by atomic mass is 10.3. The van der Waals surface area contributed by atoms with E-state index in [0.29, 0.717) is 6.04 Å². The molecule has 0 aromatic heterocycles. The molecule has 0 atom stereocenters. The second kappa shape index (κ2) is 5.90. The maximum atomic E-state index is 4.35. The van der Waals surface area contributed by atoms with Crippen molar-refractivity contribution in [3.05, 3.63) is 24.3 Å². The molecule has 0 aromatic rings. The Morgan fingerprint density at radius 1 is 1.27 bits per heavy atom. The molecule has 62 valence electrons. The van der Waals surface area contributed by atoms with Gasteiger partial charge in [0.1, 0.15) is 0 Å². The molecule has 0 aliphatic heterocycles. The van der Waals surface area contributed by atoms with E-state index in [1.54, 1.807) is 0 Å². The standard InChI is InChI=1S/C10H17N/c1-5-6-7-8-10(4)11-9(2)3/h5-9H,1-4H3/b6-5-,8-7-,11-10+. The zero-order valence-corrected chi connectivity index (χ0v) is 7.83. The minimum Gasteiger partial charge on any atom is -0.287 e. The van der Waals surface area contributed by atoms with E-state index in [2.05, 4.69) is 18.8 Å². The molecule has 1 heteroatoms. The van der Waals surface area contributed by atoms with Gasteiger partial charge >= 0.3 is 0 Å². The van der Waals surface area contributed by atoms with Crippen molar-refractivity contribution in [2.45, 2.75) is 33.7 Å². The van der Waals surface area contributed by atoms with Gasteiger partial charge in [0.15, 0.2) is 0 Å². The molecule has 0 amide bonds. The first-order valence-corrected chi connectivity index (χ1v) is 4.00. The summed E-state index contributed by atoms with van der Waals surface area (Å²) in [6.45, 7) is 8.17. The highest BCUT2D eigenvalue weighted by Gasteiger charge is 1.86. The molecule has 0 saturated carbocycles. The lowest BCUT2D eigenvalue weighted by Crippen LogP contribution is -1.93. The van der Waals surface area contributed by atoms with E-state index in [4.69, 9.17) is 0 Å². The van der Waals surface area contributed by atoms with Crippen molar-refractivity contribution in [1.82, 2.24) is 0 Å². The summed E-state index contributed by atoms with van der Waals surface area (Å²) in [5, 5.41) is 0. The van der Waals surface area contributed by atoms with Crippen LogP contribution >= 0.6 is 0 Å². The zero-order chi connectivity index (χ0) is 8.69. The molecule has 0 aliphatic rings. The first-order valence-electron chi connectivity index (χ1n) is 4.00. The molecule has 0 radical (unpaired) electrons. The van der Waals surface area contributed by atoms with Crippen molar-refractivity contribution in [1.29, 1.82) is 0 Å². The van der Waals surface area contributed by atoms with E-state index in [1.165, 1.54) is 0 Å². The van der Waals surface area contributed by atoms with E-state index in [0.717, 1.165) is 5.71 Å². The predicted octanol–water partition coefficient (Wildman–Crippen LogP) is 2.99. The molecule has 0 rings (SSSR count). The van der Waals surface area contributed by atoms with Gasteiger partial charge in [0.25, 0.3) is 0 Å². The minimum absolute atomic E-state index is 0.394. The van der Waals surface area contributed by atoms with Gasteiger partial charge in [-0.3, -0.25) is 4.99 Å². The molecule has 0 bridgehead atoms. The highest BCUT2D eigenvalue weighted by atomic mass is 14.8. The van der Waals surface area contributed by atoms with E-state index >= 15 is 0 Å². The van der Waals surface area contributed by atoms with Gasteiger partial charge in [-0.25, -0.2) is 0 Å². The summed E-state index contributed by atoms with van der Waals surface area (Å²) in [7, 11) is 0. The smallest absolute Gasteiger partial charge is 0.0446 e. The lowest BCUT2D eigenvalue weighted by molar-refractivity contribution is 0.836. The fourth-order valence-electron chi connectivity index (χ4n) is 0.756. The zero-order valence-electron chi connectivity index (χ0n) is 7.83. The van der Waals surface area contributed by atoms with Crippen LogP contribution in [0.5, 0.6) is 0 Å². The first-order chi connectivity index (χ1) is 5.16. The Balaban J connectivity index is 3.94. The third kappa shape index (κ3) is 7.04. The lowest BCUT2D eigenvalue weighted by Gasteiger charge is -1.95. The van der Waals surface area contributed by atoms with Gasteiger partial charge in [-0.15, -0.1) is 0 Å². The van der Waals surface area contributed by atoms with Crippen molar-refractivity contribution in [3.63, 3.8) is 0 Å². The second-order valence-electron chi connectivity index (χ2n) is 2.75. The van der Waals surface area contributed by atoms with Crippen molar-refractivity contribution < 1.29 is 0 Å². The maximum absolute atomic E-state index is 4.35. The third-order valence-electron chi connectivity index (χ3n) is 1.10. The molecule has 0 N–H and O–H groups in total. The number of hydrogen-bond donors (Lipinski definition) is 0.